The van der Waals surface area contributed by atoms with E-state index in [0.717, 1.165) is 0 Å². The highest BCUT2D eigenvalue weighted by atomic mass is 15.0. The van der Waals surface area contributed by atoms with E-state index in [1.54, 1.807) is 0 Å². The molecule has 2 heteroatoms. The first kappa shape index (κ1) is 33.1. The van der Waals surface area contributed by atoms with Gasteiger partial charge in [-0.2, -0.15) is 0 Å². The Kier molecular flexibility index (Phi) is 7.05. The monoisotopic (exact) mass is 760 g/mol. The van der Waals surface area contributed by atoms with Crippen LogP contribution in [-0.2, 0) is 0 Å². The van der Waals surface area contributed by atoms with E-state index in [4.69, 9.17) is 0 Å². The predicted molar refractivity (Wildman–Crippen MR) is 256 cm³/mol. The highest BCUT2D eigenvalue weighted by Crippen LogP contribution is 2.45. The number of para-hydroxylation sites is 2. The number of rotatable bonds is 4. The Balaban J connectivity index is 1.05. The van der Waals surface area contributed by atoms with Gasteiger partial charge >= 0.3 is 0 Å². The molecule has 0 bridgehead atoms. The van der Waals surface area contributed by atoms with Gasteiger partial charge in [-0.3, -0.25) is 0 Å². The van der Waals surface area contributed by atoms with Crippen LogP contribution in [-0.4, -0.2) is 9.13 Å². The Morgan fingerprint density at radius 3 is 1.08 bits per heavy atom. The van der Waals surface area contributed by atoms with Gasteiger partial charge in [0, 0.05) is 43.1 Å². The van der Waals surface area contributed by atoms with Crippen LogP contribution < -0.4 is 0 Å². The van der Waals surface area contributed by atoms with E-state index in [0.29, 0.717) is 0 Å². The van der Waals surface area contributed by atoms with Crippen molar-refractivity contribution in [3.05, 3.63) is 218 Å². The largest absolute Gasteiger partial charge is 0.308 e. The van der Waals surface area contributed by atoms with Gasteiger partial charge in [-0.1, -0.05) is 176 Å². The zero-order chi connectivity index (χ0) is 39.3. The summed E-state index contributed by atoms with van der Waals surface area (Å²) in [5.41, 5.74) is 12.2. The van der Waals surface area contributed by atoms with Gasteiger partial charge in [0.1, 0.15) is 0 Å². The van der Waals surface area contributed by atoms with Crippen molar-refractivity contribution in [3.8, 4) is 33.6 Å². The van der Waals surface area contributed by atoms with Crippen molar-refractivity contribution >= 4 is 86.7 Å². The van der Waals surface area contributed by atoms with Gasteiger partial charge in [-0.05, 0) is 86.3 Å². The summed E-state index contributed by atoms with van der Waals surface area (Å²) in [5, 5.41) is 15.0. The summed E-state index contributed by atoms with van der Waals surface area (Å²) < 4.78 is 5.01. The quantitative estimate of drug-likeness (QED) is 0.158. The van der Waals surface area contributed by atoms with E-state index in [2.05, 4.69) is 228 Å². The molecule has 0 saturated heterocycles. The molecule has 0 saturated carbocycles. The Hall–Kier alpha value is -7.94. The van der Waals surface area contributed by atoms with E-state index >= 15 is 0 Å². The van der Waals surface area contributed by atoms with Crippen LogP contribution in [0.5, 0.6) is 0 Å². The average molecular weight is 761 g/mol. The molecule has 0 unspecified atom stereocenters. The topological polar surface area (TPSA) is 9.86 Å². The zero-order valence-electron chi connectivity index (χ0n) is 32.7. The van der Waals surface area contributed by atoms with Crippen LogP contribution in [0, 0.1) is 0 Å². The Labute approximate surface area is 346 Å². The molecule has 13 aromatic rings. The molecule has 0 aliphatic rings. The van der Waals surface area contributed by atoms with Gasteiger partial charge in [-0.15, -0.1) is 0 Å². The Morgan fingerprint density at radius 2 is 0.583 bits per heavy atom. The number of fused-ring (bicyclic) bond motifs is 10. The second kappa shape index (κ2) is 12.8. The molecule has 2 heterocycles. The van der Waals surface area contributed by atoms with Crippen molar-refractivity contribution < 1.29 is 0 Å². The standard InChI is InChI=1S/C58H36N2/c1-2-16-37(17-3-1)56-46-24-8-10-26-48(46)58(49-27-11-9-25-47(49)56)60-53-29-15-13-23-45(53)51-36-39(31-33-55(51)60)38-30-32-54-50(35-38)44-22-12-14-28-52(44)59(54)57-42-20-6-4-18-40(42)34-41-19-5-7-21-43(41)57/h1-36H. The molecule has 11 aromatic carbocycles. The number of hydrogen-bond acceptors (Lipinski definition) is 0. The van der Waals surface area contributed by atoms with Crippen LogP contribution in [0.4, 0.5) is 0 Å². The molecule has 0 N–H and O–H groups in total. The van der Waals surface area contributed by atoms with Crippen LogP contribution in [0.3, 0.4) is 0 Å². The minimum Gasteiger partial charge on any atom is -0.308 e. The number of nitrogens with zero attached hydrogens (tertiary/aromatic N) is 2. The first-order valence-electron chi connectivity index (χ1n) is 20.8. The van der Waals surface area contributed by atoms with E-state index in [1.807, 2.05) is 0 Å². The van der Waals surface area contributed by atoms with Gasteiger partial charge < -0.3 is 9.13 Å². The summed E-state index contributed by atoms with van der Waals surface area (Å²) in [6.07, 6.45) is 0. The summed E-state index contributed by atoms with van der Waals surface area (Å²) in [5.74, 6) is 0. The minimum atomic E-state index is 1.20. The van der Waals surface area contributed by atoms with Crippen molar-refractivity contribution in [2.24, 2.45) is 0 Å². The molecule has 0 amide bonds. The highest BCUT2D eigenvalue weighted by Gasteiger charge is 2.22. The summed E-state index contributed by atoms with van der Waals surface area (Å²) in [7, 11) is 0. The van der Waals surface area contributed by atoms with E-state index in [-0.39, 0.29) is 0 Å². The Morgan fingerprint density at radius 1 is 0.217 bits per heavy atom. The highest BCUT2D eigenvalue weighted by molar-refractivity contribution is 6.21. The number of benzene rings is 11. The summed E-state index contributed by atoms with van der Waals surface area (Å²) >= 11 is 0. The molecule has 2 aromatic heterocycles. The van der Waals surface area contributed by atoms with Gasteiger partial charge in [-0.25, -0.2) is 0 Å². The van der Waals surface area contributed by atoms with Gasteiger partial charge in [0.05, 0.1) is 33.4 Å². The van der Waals surface area contributed by atoms with Crippen LogP contribution in [0.15, 0.2) is 218 Å². The van der Waals surface area contributed by atoms with Gasteiger partial charge in [0.25, 0.3) is 0 Å². The summed E-state index contributed by atoms with van der Waals surface area (Å²) in [6, 6.07) is 80.5. The van der Waals surface area contributed by atoms with Crippen LogP contribution in [0.2, 0.25) is 0 Å². The molecule has 0 aliphatic heterocycles. The first-order chi connectivity index (χ1) is 29.8. The number of aromatic nitrogens is 2. The fourth-order valence-electron chi connectivity index (χ4n) is 10.3. The van der Waals surface area contributed by atoms with Crippen molar-refractivity contribution in [2.75, 3.05) is 0 Å². The van der Waals surface area contributed by atoms with Crippen LogP contribution in [0.1, 0.15) is 0 Å². The maximum absolute atomic E-state index is 2.51. The number of hydrogen-bond donors (Lipinski definition) is 0. The predicted octanol–water partition coefficient (Wildman–Crippen LogP) is 15.8. The zero-order valence-corrected chi connectivity index (χ0v) is 32.7. The molecular formula is C58H36N2. The molecule has 0 fully saturated rings. The van der Waals surface area contributed by atoms with Crippen molar-refractivity contribution in [1.29, 1.82) is 0 Å². The molecule has 278 valence electrons. The van der Waals surface area contributed by atoms with Crippen molar-refractivity contribution in [3.63, 3.8) is 0 Å². The fourth-order valence-corrected chi connectivity index (χ4v) is 10.3. The van der Waals surface area contributed by atoms with E-state index < -0.39 is 0 Å². The SMILES string of the molecule is c1ccc(-c2c3ccccc3c(-n3c4ccccc4c4cc(-c5ccc6c(c5)c5ccccc5n6-c5c6ccccc6cc6ccccc56)ccc43)c3ccccc23)cc1. The lowest BCUT2D eigenvalue weighted by molar-refractivity contribution is 1.21. The normalized spacial score (nSPS) is 12.0. The molecule has 2 nitrogen and oxygen atoms in total. The van der Waals surface area contributed by atoms with Crippen LogP contribution >= 0.6 is 0 Å². The van der Waals surface area contributed by atoms with Gasteiger partial charge in [0.2, 0.25) is 0 Å². The molecular weight excluding hydrogens is 725 g/mol. The summed E-state index contributed by atoms with van der Waals surface area (Å²) in [6.45, 7) is 0. The summed E-state index contributed by atoms with van der Waals surface area (Å²) in [4.78, 5) is 0. The Bertz CT molecular complexity index is 3770. The lowest BCUT2D eigenvalue weighted by Gasteiger charge is -2.19. The van der Waals surface area contributed by atoms with Crippen LogP contribution in [0.25, 0.3) is 120 Å². The maximum Gasteiger partial charge on any atom is 0.0619 e. The molecule has 0 atom stereocenters. The second-order valence-corrected chi connectivity index (χ2v) is 16.0. The molecule has 60 heavy (non-hydrogen) atoms. The van der Waals surface area contributed by atoms with Crippen molar-refractivity contribution in [1.82, 2.24) is 9.13 Å². The molecule has 13 rings (SSSR count). The smallest absolute Gasteiger partial charge is 0.0619 e. The average Bonchev–Trinajstić information content (AvgIpc) is 3.82. The lowest BCUT2D eigenvalue weighted by atomic mass is 9.90. The molecule has 0 spiro atoms. The van der Waals surface area contributed by atoms with E-state index in [1.165, 1.54) is 120 Å². The molecule has 0 radical (unpaired) electrons. The lowest BCUT2D eigenvalue weighted by Crippen LogP contribution is -1.99. The minimum absolute atomic E-state index is 1.20. The van der Waals surface area contributed by atoms with E-state index in [9.17, 15) is 0 Å². The van der Waals surface area contributed by atoms with Gasteiger partial charge in [0.15, 0.2) is 0 Å². The van der Waals surface area contributed by atoms with Crippen molar-refractivity contribution in [2.45, 2.75) is 0 Å². The third-order valence-corrected chi connectivity index (χ3v) is 12.8. The second-order valence-electron chi connectivity index (χ2n) is 16.0. The third-order valence-electron chi connectivity index (χ3n) is 12.8. The fraction of sp³-hybridized carbons (Fsp3) is 0. The maximum atomic E-state index is 2.51. The third kappa shape index (κ3) is 4.70. The first-order valence-corrected chi connectivity index (χ1v) is 20.8. The molecule has 0 aliphatic carbocycles.